The number of halogens is 5. The van der Waals surface area contributed by atoms with Crippen LogP contribution in [0.4, 0.5) is 17.6 Å². The monoisotopic (exact) mass is 402 g/mol. The van der Waals surface area contributed by atoms with E-state index in [4.69, 9.17) is 26.2 Å². The number of alkyl halides is 3. The summed E-state index contributed by atoms with van der Waals surface area (Å²) in [5.41, 5.74) is -0.430. The number of hydrogen-bond donors (Lipinski definition) is 1. The van der Waals surface area contributed by atoms with E-state index >= 15 is 0 Å². The summed E-state index contributed by atoms with van der Waals surface area (Å²) in [7, 11) is 0. The predicted molar refractivity (Wildman–Crippen MR) is 88.7 cm³/mol. The smallest absolute Gasteiger partial charge is 0.430 e. The molecule has 0 fully saturated rings. The average molecular weight is 403 g/mol. The number of hydrogen-bond acceptors (Lipinski definition) is 3. The molecule has 27 heavy (non-hydrogen) atoms. The van der Waals surface area contributed by atoms with Gasteiger partial charge in [0, 0.05) is 11.6 Å². The maximum Gasteiger partial charge on any atom is 0.430 e. The molecule has 0 amide bonds. The Hall–Kier alpha value is -2.74. The standard InChI is InChI=1S/C18H11ClF4O4/c1-8-4-10(20)2-3-13(8)26-15-7-14-9(6-12(15)19)5-11(17(24)25)16(27-14)18(21,22)23/h2-7,16H,1H3,(H,24,25)/t16-/m1/s1. The largest absolute Gasteiger partial charge is 0.478 e. The van der Waals surface area contributed by atoms with Crippen molar-refractivity contribution in [3.05, 3.63) is 57.9 Å². The molecule has 1 heterocycles. The first kappa shape index (κ1) is 19.0. The third kappa shape index (κ3) is 3.85. The molecule has 0 unspecified atom stereocenters. The lowest BCUT2D eigenvalue weighted by atomic mass is 10.0. The fraction of sp³-hybridized carbons (Fsp3) is 0.167. The minimum Gasteiger partial charge on any atom is -0.478 e. The second-order valence-corrected chi connectivity index (χ2v) is 6.18. The Labute approximate surface area is 155 Å². The summed E-state index contributed by atoms with van der Waals surface area (Å²) in [6.07, 6.45) is -6.68. The van der Waals surface area contributed by atoms with E-state index in [-0.39, 0.29) is 27.8 Å². The SMILES string of the molecule is Cc1cc(F)ccc1Oc1cc2c(cc1Cl)C=C(C(=O)O)[C@H](C(F)(F)F)O2. The van der Waals surface area contributed by atoms with Crippen LogP contribution < -0.4 is 9.47 Å². The summed E-state index contributed by atoms with van der Waals surface area (Å²) in [6.45, 7) is 1.59. The molecule has 0 spiro atoms. The number of aliphatic carboxylic acids is 1. The van der Waals surface area contributed by atoms with Crippen molar-refractivity contribution >= 4 is 23.6 Å². The lowest BCUT2D eigenvalue weighted by Gasteiger charge is -2.27. The van der Waals surface area contributed by atoms with Crippen molar-refractivity contribution in [1.82, 2.24) is 0 Å². The van der Waals surface area contributed by atoms with Crippen LogP contribution in [0.2, 0.25) is 5.02 Å². The summed E-state index contributed by atoms with van der Waals surface area (Å²) >= 11 is 6.09. The molecular weight excluding hydrogens is 392 g/mol. The van der Waals surface area contributed by atoms with E-state index in [1.807, 2.05) is 0 Å². The van der Waals surface area contributed by atoms with E-state index in [1.54, 1.807) is 6.92 Å². The van der Waals surface area contributed by atoms with Crippen LogP contribution in [-0.2, 0) is 4.79 Å². The molecular formula is C18H11ClF4O4. The zero-order chi connectivity index (χ0) is 19.9. The zero-order valence-electron chi connectivity index (χ0n) is 13.6. The number of carboxylic acids is 1. The van der Waals surface area contributed by atoms with E-state index in [2.05, 4.69) is 0 Å². The summed E-state index contributed by atoms with van der Waals surface area (Å²) < 4.78 is 63.0. The number of ether oxygens (including phenoxy) is 2. The van der Waals surface area contributed by atoms with Crippen LogP contribution in [0.5, 0.6) is 17.2 Å². The molecule has 0 saturated carbocycles. The molecule has 9 heteroatoms. The van der Waals surface area contributed by atoms with Crippen molar-refractivity contribution in [3.63, 3.8) is 0 Å². The van der Waals surface area contributed by atoms with Gasteiger partial charge in [0.25, 0.3) is 0 Å². The average Bonchev–Trinajstić information content (AvgIpc) is 2.55. The van der Waals surface area contributed by atoms with E-state index in [0.29, 0.717) is 5.56 Å². The Bertz CT molecular complexity index is 953. The van der Waals surface area contributed by atoms with Crippen LogP contribution in [0.1, 0.15) is 11.1 Å². The molecule has 2 aromatic rings. The highest BCUT2D eigenvalue weighted by Gasteiger charge is 2.48. The maximum atomic E-state index is 13.2. The van der Waals surface area contributed by atoms with Crippen molar-refractivity contribution in [2.45, 2.75) is 19.2 Å². The summed E-state index contributed by atoms with van der Waals surface area (Å²) in [5, 5.41) is 9.05. The first-order chi connectivity index (χ1) is 12.6. The fourth-order valence-corrected chi connectivity index (χ4v) is 2.75. The van der Waals surface area contributed by atoms with Crippen molar-refractivity contribution in [2.24, 2.45) is 0 Å². The van der Waals surface area contributed by atoms with Crippen molar-refractivity contribution in [1.29, 1.82) is 0 Å². The second-order valence-electron chi connectivity index (χ2n) is 5.78. The first-order valence-electron chi connectivity index (χ1n) is 7.52. The fourth-order valence-electron chi connectivity index (χ4n) is 2.54. The maximum absolute atomic E-state index is 13.2. The number of fused-ring (bicyclic) bond motifs is 1. The van der Waals surface area contributed by atoms with Crippen molar-refractivity contribution in [2.75, 3.05) is 0 Å². The molecule has 0 aromatic heterocycles. The van der Waals surface area contributed by atoms with Crippen LogP contribution in [0, 0.1) is 12.7 Å². The lowest BCUT2D eigenvalue weighted by Crippen LogP contribution is -2.40. The Morgan fingerprint density at radius 3 is 2.52 bits per heavy atom. The minimum atomic E-state index is -4.92. The molecule has 2 aromatic carbocycles. The van der Waals surface area contributed by atoms with E-state index in [1.165, 1.54) is 18.2 Å². The normalized spacial score (nSPS) is 16.2. The third-order valence-electron chi connectivity index (χ3n) is 3.80. The predicted octanol–water partition coefficient (Wildman–Crippen LogP) is 5.37. The highest BCUT2D eigenvalue weighted by molar-refractivity contribution is 6.32. The Kier molecular flexibility index (Phi) is 4.77. The number of carboxylic acid groups (broad SMARTS) is 1. The molecule has 0 bridgehead atoms. The van der Waals surface area contributed by atoms with Gasteiger partial charge in [0.1, 0.15) is 23.1 Å². The summed E-state index contributed by atoms with van der Waals surface area (Å²) in [5.74, 6) is -2.22. The topological polar surface area (TPSA) is 55.8 Å². The van der Waals surface area contributed by atoms with Crippen molar-refractivity contribution < 1.29 is 36.9 Å². The number of rotatable bonds is 3. The van der Waals surface area contributed by atoms with Crippen LogP contribution in [0.25, 0.3) is 6.08 Å². The Morgan fingerprint density at radius 2 is 1.93 bits per heavy atom. The van der Waals surface area contributed by atoms with Crippen LogP contribution in [0.15, 0.2) is 35.9 Å². The van der Waals surface area contributed by atoms with Crippen molar-refractivity contribution in [3.8, 4) is 17.2 Å². The molecule has 1 aliphatic rings. The molecule has 0 saturated heterocycles. The minimum absolute atomic E-state index is 0.0155. The van der Waals surface area contributed by atoms with E-state index in [0.717, 1.165) is 18.2 Å². The second kappa shape index (κ2) is 6.77. The van der Waals surface area contributed by atoms with Gasteiger partial charge in [-0.1, -0.05) is 11.6 Å². The molecule has 0 aliphatic carbocycles. The van der Waals surface area contributed by atoms with Gasteiger partial charge in [0.15, 0.2) is 0 Å². The zero-order valence-corrected chi connectivity index (χ0v) is 14.4. The molecule has 1 N–H and O–H groups in total. The van der Waals surface area contributed by atoms with Gasteiger partial charge in [-0.25, -0.2) is 9.18 Å². The number of carbonyl (C=O) groups is 1. The van der Waals surface area contributed by atoms with E-state index < -0.39 is 29.6 Å². The summed E-state index contributed by atoms with van der Waals surface area (Å²) in [6, 6.07) is 6.10. The molecule has 3 rings (SSSR count). The lowest BCUT2D eigenvalue weighted by molar-refractivity contribution is -0.187. The first-order valence-corrected chi connectivity index (χ1v) is 7.90. The van der Waals surface area contributed by atoms with Gasteiger partial charge in [-0.2, -0.15) is 13.2 Å². The van der Waals surface area contributed by atoms with Gasteiger partial charge in [-0.05, 0) is 42.8 Å². The molecule has 1 aliphatic heterocycles. The molecule has 4 nitrogen and oxygen atoms in total. The highest BCUT2D eigenvalue weighted by atomic mass is 35.5. The summed E-state index contributed by atoms with van der Waals surface area (Å²) in [4.78, 5) is 11.1. The van der Waals surface area contributed by atoms with Gasteiger partial charge in [-0.3, -0.25) is 0 Å². The molecule has 142 valence electrons. The van der Waals surface area contributed by atoms with Crippen LogP contribution >= 0.6 is 11.6 Å². The van der Waals surface area contributed by atoms with E-state index in [9.17, 15) is 22.4 Å². The number of aryl methyl sites for hydroxylation is 1. The van der Waals surface area contributed by atoms with Gasteiger partial charge < -0.3 is 14.6 Å². The van der Waals surface area contributed by atoms with Gasteiger partial charge in [0.05, 0.1) is 10.6 Å². The molecule has 1 atom stereocenters. The van der Waals surface area contributed by atoms with Gasteiger partial charge >= 0.3 is 12.1 Å². The third-order valence-corrected chi connectivity index (χ3v) is 4.10. The van der Waals surface area contributed by atoms with Gasteiger partial charge in [-0.15, -0.1) is 0 Å². The van der Waals surface area contributed by atoms with Crippen LogP contribution in [-0.4, -0.2) is 23.4 Å². The Morgan fingerprint density at radius 1 is 1.22 bits per heavy atom. The van der Waals surface area contributed by atoms with Crippen LogP contribution in [0.3, 0.4) is 0 Å². The number of benzene rings is 2. The highest BCUT2D eigenvalue weighted by Crippen LogP contribution is 2.42. The molecule has 0 radical (unpaired) electrons. The van der Waals surface area contributed by atoms with Gasteiger partial charge in [0.2, 0.25) is 6.10 Å². The Balaban J connectivity index is 2.02. The quantitative estimate of drug-likeness (QED) is 0.701.